The molecule has 0 radical (unpaired) electrons. The van der Waals surface area contributed by atoms with E-state index in [0.717, 1.165) is 16.3 Å². The van der Waals surface area contributed by atoms with Gasteiger partial charge in [-0.1, -0.05) is 6.07 Å². The van der Waals surface area contributed by atoms with Crippen LogP contribution in [0.5, 0.6) is 0 Å². The summed E-state index contributed by atoms with van der Waals surface area (Å²) in [4.78, 5) is 20.0. The Hall–Kier alpha value is -1.72. The topological polar surface area (TPSA) is 42.4 Å². The molecule has 1 fully saturated rings. The summed E-state index contributed by atoms with van der Waals surface area (Å²) in [6.45, 7) is 4.44. The minimum absolute atomic E-state index is 0.0519. The maximum Gasteiger partial charge on any atom is 0.255 e. The minimum Gasteiger partial charge on any atom is -0.378 e. The Morgan fingerprint density at radius 1 is 1.30 bits per heavy atom. The van der Waals surface area contributed by atoms with Crippen LogP contribution in [0, 0.1) is 6.92 Å². The number of ether oxygens (including phenoxy) is 1. The van der Waals surface area contributed by atoms with Crippen molar-refractivity contribution in [3.8, 4) is 10.6 Å². The molecule has 2 aromatic heterocycles. The second kappa shape index (κ2) is 5.73. The van der Waals surface area contributed by atoms with Crippen molar-refractivity contribution in [2.45, 2.75) is 6.92 Å². The predicted octanol–water partition coefficient (Wildman–Crippen LogP) is 2.59. The molecular weight excluding hydrogens is 272 g/mol. The van der Waals surface area contributed by atoms with E-state index in [0.29, 0.717) is 31.9 Å². The van der Waals surface area contributed by atoms with Crippen molar-refractivity contribution in [3.63, 3.8) is 0 Å². The smallest absolute Gasteiger partial charge is 0.255 e. The number of morpholine rings is 1. The van der Waals surface area contributed by atoms with Crippen LogP contribution in [0.25, 0.3) is 10.6 Å². The lowest BCUT2D eigenvalue weighted by molar-refractivity contribution is 0.0302. The van der Waals surface area contributed by atoms with Gasteiger partial charge in [-0.05, 0) is 30.5 Å². The van der Waals surface area contributed by atoms with Crippen LogP contribution in [0.2, 0.25) is 0 Å². The van der Waals surface area contributed by atoms with Gasteiger partial charge in [-0.25, -0.2) is 0 Å². The summed E-state index contributed by atoms with van der Waals surface area (Å²) in [5.74, 6) is 0.0519. The molecule has 0 atom stereocenters. The fraction of sp³-hybridized carbons (Fsp3) is 0.333. The number of hydrogen-bond donors (Lipinski definition) is 0. The maximum atomic E-state index is 12.5. The standard InChI is InChI=1S/C15H16N2O2S/c1-11-12(15(18)17-6-8-19-9-7-17)4-5-13(16-11)14-3-2-10-20-14/h2-5,10H,6-9H2,1H3. The number of nitrogens with zero attached hydrogens (tertiary/aromatic N) is 2. The molecule has 0 saturated carbocycles. The summed E-state index contributed by atoms with van der Waals surface area (Å²) in [7, 11) is 0. The molecular formula is C15H16N2O2S. The van der Waals surface area contributed by atoms with E-state index in [9.17, 15) is 4.79 Å². The van der Waals surface area contributed by atoms with Crippen LogP contribution in [0.3, 0.4) is 0 Å². The van der Waals surface area contributed by atoms with Crippen LogP contribution in [0.1, 0.15) is 16.1 Å². The molecule has 3 rings (SSSR count). The Morgan fingerprint density at radius 3 is 2.75 bits per heavy atom. The van der Waals surface area contributed by atoms with E-state index in [1.54, 1.807) is 11.3 Å². The van der Waals surface area contributed by atoms with Crippen molar-refractivity contribution in [1.82, 2.24) is 9.88 Å². The van der Waals surface area contributed by atoms with E-state index < -0.39 is 0 Å². The van der Waals surface area contributed by atoms with E-state index in [1.165, 1.54) is 0 Å². The van der Waals surface area contributed by atoms with Gasteiger partial charge < -0.3 is 9.64 Å². The van der Waals surface area contributed by atoms with Crippen molar-refractivity contribution in [1.29, 1.82) is 0 Å². The summed E-state index contributed by atoms with van der Waals surface area (Å²) >= 11 is 1.65. The number of thiophene rings is 1. The second-order valence-electron chi connectivity index (χ2n) is 4.71. The number of aromatic nitrogens is 1. The Bertz CT molecular complexity index is 604. The zero-order valence-electron chi connectivity index (χ0n) is 11.3. The van der Waals surface area contributed by atoms with E-state index in [-0.39, 0.29) is 5.91 Å². The van der Waals surface area contributed by atoms with E-state index in [4.69, 9.17) is 4.74 Å². The van der Waals surface area contributed by atoms with Crippen LogP contribution in [-0.2, 0) is 4.74 Å². The van der Waals surface area contributed by atoms with Gasteiger partial charge in [0.15, 0.2) is 0 Å². The molecule has 4 nitrogen and oxygen atoms in total. The fourth-order valence-corrected chi connectivity index (χ4v) is 2.98. The van der Waals surface area contributed by atoms with Crippen LogP contribution < -0.4 is 0 Å². The quantitative estimate of drug-likeness (QED) is 0.853. The monoisotopic (exact) mass is 288 g/mol. The molecule has 0 unspecified atom stereocenters. The number of rotatable bonds is 2. The zero-order chi connectivity index (χ0) is 13.9. The normalized spacial score (nSPS) is 15.3. The van der Waals surface area contributed by atoms with Crippen molar-refractivity contribution in [2.75, 3.05) is 26.3 Å². The average Bonchev–Trinajstić information content (AvgIpc) is 3.01. The lowest BCUT2D eigenvalue weighted by Crippen LogP contribution is -2.41. The first-order chi connectivity index (χ1) is 9.75. The lowest BCUT2D eigenvalue weighted by Gasteiger charge is -2.27. The van der Waals surface area contributed by atoms with Gasteiger partial charge in [0.05, 0.1) is 35.0 Å². The zero-order valence-corrected chi connectivity index (χ0v) is 12.2. The molecule has 1 amide bonds. The van der Waals surface area contributed by atoms with Gasteiger partial charge in [-0.3, -0.25) is 9.78 Å². The van der Waals surface area contributed by atoms with Gasteiger partial charge in [0.1, 0.15) is 0 Å². The third-order valence-electron chi connectivity index (χ3n) is 3.39. The molecule has 1 saturated heterocycles. The lowest BCUT2D eigenvalue weighted by atomic mass is 10.1. The SMILES string of the molecule is Cc1nc(-c2cccs2)ccc1C(=O)N1CCOCC1. The molecule has 0 bridgehead atoms. The number of aryl methyl sites for hydroxylation is 1. The Kier molecular flexibility index (Phi) is 3.80. The van der Waals surface area contributed by atoms with Gasteiger partial charge in [0.25, 0.3) is 5.91 Å². The second-order valence-corrected chi connectivity index (χ2v) is 5.66. The van der Waals surface area contributed by atoms with Gasteiger partial charge in [0, 0.05) is 13.1 Å². The third kappa shape index (κ3) is 2.59. The summed E-state index contributed by atoms with van der Waals surface area (Å²) in [6.07, 6.45) is 0. The Morgan fingerprint density at radius 2 is 2.10 bits per heavy atom. The van der Waals surface area contributed by atoms with Crippen molar-refractivity contribution in [3.05, 3.63) is 40.9 Å². The van der Waals surface area contributed by atoms with Crippen molar-refractivity contribution >= 4 is 17.2 Å². The highest BCUT2D eigenvalue weighted by Gasteiger charge is 2.20. The molecule has 104 valence electrons. The van der Waals surface area contributed by atoms with Crippen LogP contribution in [0.4, 0.5) is 0 Å². The maximum absolute atomic E-state index is 12.5. The first-order valence-corrected chi connectivity index (χ1v) is 7.52. The van der Waals surface area contributed by atoms with E-state index in [1.807, 2.05) is 41.5 Å². The molecule has 5 heteroatoms. The molecule has 1 aliphatic heterocycles. The number of carbonyl (C=O) groups is 1. The number of carbonyl (C=O) groups excluding carboxylic acids is 1. The number of pyridine rings is 1. The summed E-state index contributed by atoms with van der Waals surface area (Å²) in [5, 5.41) is 2.03. The minimum atomic E-state index is 0.0519. The van der Waals surface area contributed by atoms with Gasteiger partial charge in [0.2, 0.25) is 0 Å². The molecule has 20 heavy (non-hydrogen) atoms. The van der Waals surface area contributed by atoms with E-state index in [2.05, 4.69) is 4.98 Å². The number of amides is 1. The van der Waals surface area contributed by atoms with Crippen LogP contribution in [0.15, 0.2) is 29.6 Å². The van der Waals surface area contributed by atoms with Crippen LogP contribution >= 0.6 is 11.3 Å². The number of hydrogen-bond acceptors (Lipinski definition) is 4. The summed E-state index contributed by atoms with van der Waals surface area (Å²) in [5.41, 5.74) is 2.40. The van der Waals surface area contributed by atoms with Crippen molar-refractivity contribution in [2.24, 2.45) is 0 Å². The Labute approximate surface area is 122 Å². The average molecular weight is 288 g/mol. The molecule has 0 aromatic carbocycles. The van der Waals surface area contributed by atoms with E-state index >= 15 is 0 Å². The first-order valence-electron chi connectivity index (χ1n) is 6.64. The molecule has 1 aliphatic rings. The Balaban J connectivity index is 1.85. The van der Waals surface area contributed by atoms with Gasteiger partial charge >= 0.3 is 0 Å². The van der Waals surface area contributed by atoms with Crippen molar-refractivity contribution < 1.29 is 9.53 Å². The fourth-order valence-electron chi connectivity index (χ4n) is 2.29. The highest BCUT2D eigenvalue weighted by molar-refractivity contribution is 7.13. The summed E-state index contributed by atoms with van der Waals surface area (Å²) < 4.78 is 5.28. The van der Waals surface area contributed by atoms with Crippen LogP contribution in [-0.4, -0.2) is 42.1 Å². The molecule has 3 heterocycles. The summed E-state index contributed by atoms with van der Waals surface area (Å²) in [6, 6.07) is 7.85. The van der Waals surface area contributed by atoms with Gasteiger partial charge in [-0.15, -0.1) is 11.3 Å². The first kappa shape index (κ1) is 13.3. The third-order valence-corrected chi connectivity index (χ3v) is 4.28. The molecule has 0 spiro atoms. The highest BCUT2D eigenvalue weighted by Crippen LogP contribution is 2.24. The molecule has 0 aliphatic carbocycles. The van der Waals surface area contributed by atoms with Gasteiger partial charge in [-0.2, -0.15) is 0 Å². The molecule has 2 aromatic rings. The highest BCUT2D eigenvalue weighted by atomic mass is 32.1. The largest absolute Gasteiger partial charge is 0.378 e. The predicted molar refractivity (Wildman–Crippen MR) is 79.0 cm³/mol. The molecule has 0 N–H and O–H groups in total.